The van der Waals surface area contributed by atoms with Crippen molar-refractivity contribution in [1.82, 2.24) is 15.6 Å². The number of hydrogen-bond donors (Lipinski definition) is 4. The van der Waals surface area contributed by atoms with Crippen molar-refractivity contribution in [2.24, 2.45) is 0 Å². The van der Waals surface area contributed by atoms with Crippen LogP contribution in [0.15, 0.2) is 51.7 Å². The highest BCUT2D eigenvalue weighted by Gasteiger charge is 2.31. The quantitative estimate of drug-likeness (QED) is 0.276. The van der Waals surface area contributed by atoms with E-state index in [0.717, 1.165) is 12.8 Å². The second-order valence-electron chi connectivity index (χ2n) is 8.39. The lowest BCUT2D eigenvalue weighted by Crippen LogP contribution is -2.49. The Morgan fingerprint density at radius 1 is 1.06 bits per heavy atom. The normalized spacial score (nSPS) is 17.5. The first kappa shape index (κ1) is 24.4. The first-order valence-electron chi connectivity index (χ1n) is 11.2. The Kier molecular flexibility index (Phi) is 7.15. The molecule has 11 heteroatoms. The molecule has 35 heavy (non-hydrogen) atoms. The number of benzene rings is 2. The van der Waals surface area contributed by atoms with E-state index in [2.05, 4.69) is 36.9 Å². The molecule has 0 radical (unpaired) electrons. The van der Waals surface area contributed by atoms with E-state index in [1.54, 1.807) is 24.3 Å². The molecular weight excluding hydrogens is 518 g/mol. The highest BCUT2D eigenvalue weighted by Crippen LogP contribution is 2.35. The molecule has 4 rings (SSSR count). The number of nitro groups is 1. The van der Waals surface area contributed by atoms with Gasteiger partial charge in [0, 0.05) is 46.6 Å². The predicted octanol–water partition coefficient (Wildman–Crippen LogP) is 3.71. The van der Waals surface area contributed by atoms with Gasteiger partial charge in [0.25, 0.3) is 17.5 Å². The van der Waals surface area contributed by atoms with Gasteiger partial charge in [-0.1, -0.05) is 47.0 Å². The van der Waals surface area contributed by atoms with Crippen LogP contribution in [-0.4, -0.2) is 40.9 Å². The van der Waals surface area contributed by atoms with Gasteiger partial charge in [0.05, 0.1) is 16.1 Å². The van der Waals surface area contributed by atoms with Crippen molar-refractivity contribution in [3.05, 3.63) is 78.5 Å². The molecule has 2 amide bonds. The lowest BCUT2D eigenvalue weighted by Gasteiger charge is -2.34. The van der Waals surface area contributed by atoms with Gasteiger partial charge in [0.1, 0.15) is 5.69 Å². The van der Waals surface area contributed by atoms with Crippen molar-refractivity contribution in [3.63, 3.8) is 0 Å². The number of anilines is 1. The zero-order valence-electron chi connectivity index (χ0n) is 18.9. The van der Waals surface area contributed by atoms with Crippen molar-refractivity contribution in [3.8, 4) is 0 Å². The fraction of sp³-hybridized carbons (Fsp3) is 0.292. The fourth-order valence-corrected chi connectivity index (χ4v) is 4.95. The highest BCUT2D eigenvalue weighted by atomic mass is 79.9. The number of aromatic nitrogens is 1. The van der Waals surface area contributed by atoms with E-state index in [1.807, 2.05) is 0 Å². The average molecular weight is 542 g/mol. The summed E-state index contributed by atoms with van der Waals surface area (Å²) < 4.78 is 0.406. The zero-order chi connectivity index (χ0) is 25.1. The molecule has 0 unspecified atom stereocenters. The van der Waals surface area contributed by atoms with Crippen LogP contribution in [0.1, 0.15) is 46.4 Å². The van der Waals surface area contributed by atoms with Crippen LogP contribution in [0.4, 0.5) is 11.4 Å². The molecule has 1 fully saturated rings. The molecule has 0 bridgehead atoms. The van der Waals surface area contributed by atoms with E-state index in [1.165, 1.54) is 25.2 Å². The molecule has 1 heterocycles. The number of amides is 2. The molecule has 2 aromatic carbocycles. The average Bonchev–Trinajstić information content (AvgIpc) is 2.84. The van der Waals surface area contributed by atoms with Crippen LogP contribution in [0.2, 0.25) is 0 Å². The van der Waals surface area contributed by atoms with Crippen molar-refractivity contribution < 1.29 is 14.5 Å². The largest absolute Gasteiger partial charge is 0.374 e. The third-order valence-corrected chi connectivity index (χ3v) is 6.62. The van der Waals surface area contributed by atoms with E-state index in [9.17, 15) is 24.5 Å². The summed E-state index contributed by atoms with van der Waals surface area (Å²) in [5.74, 6) is -0.869. The monoisotopic (exact) mass is 541 g/mol. The summed E-state index contributed by atoms with van der Waals surface area (Å²) in [7, 11) is 1.45. The van der Waals surface area contributed by atoms with Gasteiger partial charge in [0.15, 0.2) is 0 Å². The third kappa shape index (κ3) is 5.19. The molecule has 182 valence electrons. The van der Waals surface area contributed by atoms with E-state index < -0.39 is 16.7 Å². The van der Waals surface area contributed by atoms with Gasteiger partial charge in [-0.3, -0.25) is 24.5 Å². The first-order valence-corrected chi connectivity index (χ1v) is 12.0. The molecule has 1 aromatic heterocycles. The molecule has 10 nitrogen and oxygen atoms in total. The molecule has 2 atom stereocenters. The summed E-state index contributed by atoms with van der Waals surface area (Å²) in [6, 6.07) is 10.5. The molecule has 0 saturated heterocycles. The number of pyridine rings is 1. The lowest BCUT2D eigenvalue weighted by atomic mass is 9.89. The summed E-state index contributed by atoms with van der Waals surface area (Å²) in [5, 5.41) is 21.1. The number of nitrogens with zero attached hydrogens (tertiary/aromatic N) is 1. The Bertz CT molecular complexity index is 1370. The van der Waals surface area contributed by atoms with Crippen molar-refractivity contribution in [2.45, 2.75) is 37.8 Å². The summed E-state index contributed by atoms with van der Waals surface area (Å²) in [6.07, 6.45) is 3.01. The number of para-hydroxylation sites is 1. The number of nitro benzene ring substituents is 1. The highest BCUT2D eigenvalue weighted by molar-refractivity contribution is 9.10. The number of carbonyl (C=O) groups is 2. The minimum atomic E-state index is -0.543. The van der Waals surface area contributed by atoms with Crippen molar-refractivity contribution in [2.75, 3.05) is 12.4 Å². The Labute approximate surface area is 208 Å². The minimum Gasteiger partial charge on any atom is -0.374 e. The predicted molar refractivity (Wildman–Crippen MR) is 136 cm³/mol. The number of rotatable bonds is 6. The number of aromatic amines is 1. The van der Waals surface area contributed by atoms with Gasteiger partial charge >= 0.3 is 0 Å². The van der Waals surface area contributed by atoms with Gasteiger partial charge in [0.2, 0.25) is 5.56 Å². The van der Waals surface area contributed by atoms with Crippen LogP contribution >= 0.6 is 15.9 Å². The van der Waals surface area contributed by atoms with Gasteiger partial charge < -0.3 is 20.9 Å². The molecular formula is C24H24BrN5O5. The van der Waals surface area contributed by atoms with Crippen LogP contribution in [-0.2, 0) is 0 Å². The van der Waals surface area contributed by atoms with Gasteiger partial charge in [-0.15, -0.1) is 0 Å². The number of nitrogens with one attached hydrogen (secondary N) is 4. The number of carbonyl (C=O) groups excluding carboxylic acids is 2. The lowest BCUT2D eigenvalue weighted by molar-refractivity contribution is -0.384. The third-order valence-electron chi connectivity index (χ3n) is 6.16. The fourth-order valence-electron chi connectivity index (χ4n) is 4.50. The van der Waals surface area contributed by atoms with E-state index >= 15 is 0 Å². The summed E-state index contributed by atoms with van der Waals surface area (Å²) in [6.45, 7) is 0. The van der Waals surface area contributed by atoms with Crippen LogP contribution in [0.25, 0.3) is 10.9 Å². The first-order chi connectivity index (χ1) is 16.8. The molecule has 1 saturated carbocycles. The Balaban J connectivity index is 1.66. The topological polar surface area (TPSA) is 146 Å². The standard InChI is InChI=1S/C24H24BrN5O5/c1-26-23(32)16-10-13(25)11-20(30(34)35)22(16)28-18-8-4-5-9-19(18)29-24(33)15-12-21(31)27-17-7-3-2-6-14(15)17/h2-3,6-7,10-12,18-19,28H,4-5,8-9H2,1H3,(H,26,32)(H,27,31)(H,29,33)/t18-,19+/m1/s1. The van der Waals surface area contributed by atoms with Gasteiger partial charge in [-0.25, -0.2) is 0 Å². The molecule has 0 spiro atoms. The van der Waals surface area contributed by atoms with Gasteiger partial charge in [-0.05, 0) is 25.0 Å². The summed E-state index contributed by atoms with van der Waals surface area (Å²) in [4.78, 5) is 51.8. The maximum Gasteiger partial charge on any atom is 0.294 e. The molecule has 4 N–H and O–H groups in total. The second-order valence-corrected chi connectivity index (χ2v) is 9.31. The number of fused-ring (bicyclic) bond motifs is 1. The maximum atomic E-state index is 13.2. The second kappa shape index (κ2) is 10.3. The number of H-pyrrole nitrogens is 1. The van der Waals surface area contributed by atoms with Crippen molar-refractivity contribution >= 4 is 50.0 Å². The number of hydrogen-bond acceptors (Lipinski definition) is 6. The minimum absolute atomic E-state index is 0.102. The van der Waals surface area contributed by atoms with E-state index in [4.69, 9.17) is 0 Å². The Morgan fingerprint density at radius 3 is 2.49 bits per heavy atom. The smallest absolute Gasteiger partial charge is 0.294 e. The van der Waals surface area contributed by atoms with Crippen LogP contribution in [0.3, 0.4) is 0 Å². The van der Waals surface area contributed by atoms with Crippen LogP contribution in [0, 0.1) is 10.1 Å². The Hall–Kier alpha value is -3.73. The van der Waals surface area contributed by atoms with Crippen LogP contribution in [0.5, 0.6) is 0 Å². The SMILES string of the molecule is CNC(=O)c1cc(Br)cc([N+](=O)[O-])c1N[C@@H]1CCCC[C@@H]1NC(=O)c1cc(=O)[nH]c2ccccc12. The molecule has 1 aliphatic rings. The molecule has 3 aromatic rings. The number of halogens is 1. The van der Waals surface area contributed by atoms with Gasteiger partial charge in [-0.2, -0.15) is 0 Å². The summed E-state index contributed by atoms with van der Waals surface area (Å²) >= 11 is 3.24. The molecule has 1 aliphatic carbocycles. The summed E-state index contributed by atoms with van der Waals surface area (Å²) in [5.41, 5.74) is 0.427. The Morgan fingerprint density at radius 2 is 1.77 bits per heavy atom. The maximum absolute atomic E-state index is 13.2. The van der Waals surface area contributed by atoms with E-state index in [-0.39, 0.29) is 40.1 Å². The van der Waals surface area contributed by atoms with E-state index in [0.29, 0.717) is 28.2 Å². The van der Waals surface area contributed by atoms with Crippen LogP contribution < -0.4 is 21.5 Å². The van der Waals surface area contributed by atoms with Crippen molar-refractivity contribution in [1.29, 1.82) is 0 Å². The zero-order valence-corrected chi connectivity index (χ0v) is 20.5. The molecule has 0 aliphatic heterocycles.